The van der Waals surface area contributed by atoms with Gasteiger partial charge in [-0.1, -0.05) is 17.4 Å². The number of hydrogen-bond acceptors (Lipinski definition) is 6. The fraction of sp³-hybridized carbons (Fsp3) is 0.391. The molecule has 0 radical (unpaired) electrons. The summed E-state index contributed by atoms with van der Waals surface area (Å²) >= 11 is 1.29. The van der Waals surface area contributed by atoms with Crippen LogP contribution in [0.3, 0.4) is 0 Å². The molecule has 33 heavy (non-hydrogen) atoms. The number of aliphatic carboxylic acids is 1. The summed E-state index contributed by atoms with van der Waals surface area (Å²) in [4.78, 5) is 19.8. The average Bonchev–Trinajstić information content (AvgIpc) is 3.03. The van der Waals surface area contributed by atoms with Gasteiger partial charge in [0, 0.05) is 32.7 Å². The normalized spacial score (nSPS) is 15.6. The van der Waals surface area contributed by atoms with Gasteiger partial charge in [0.15, 0.2) is 11.7 Å². The number of nitrogens with zero attached hydrogens (tertiary/aromatic N) is 3. The molecule has 10 heteroatoms. The fourth-order valence-corrected chi connectivity index (χ4v) is 5.00. The Hall–Kier alpha value is -2.85. The molecule has 0 bridgehead atoms. The summed E-state index contributed by atoms with van der Waals surface area (Å²) in [5.74, 6) is -0.480. The third-order valence-electron chi connectivity index (χ3n) is 5.44. The maximum atomic E-state index is 13.0. The van der Waals surface area contributed by atoms with E-state index in [9.17, 15) is 18.0 Å². The lowest BCUT2D eigenvalue weighted by molar-refractivity contribution is -0.139. The van der Waals surface area contributed by atoms with Gasteiger partial charge in [-0.2, -0.15) is 13.2 Å². The van der Waals surface area contributed by atoms with Gasteiger partial charge in [0.1, 0.15) is 5.75 Å². The standard InChI is InChI=1S/C23H24F3N3O3S/c1-15-9-16(11-18(10-15)32-14-21(30)31)13-28-5-2-6-29(8-7-28)22-27-19-4-3-17(23(24,25)26)12-20(19)33-22/h3-4,9-12H,2,5-8,13-14H2,1H3,(H,30,31). The van der Waals surface area contributed by atoms with Crippen molar-refractivity contribution in [2.24, 2.45) is 0 Å². The first-order valence-electron chi connectivity index (χ1n) is 10.6. The third-order valence-corrected chi connectivity index (χ3v) is 6.52. The van der Waals surface area contributed by atoms with Crippen molar-refractivity contribution in [3.63, 3.8) is 0 Å². The van der Waals surface area contributed by atoms with Gasteiger partial charge in [-0.05, 0) is 54.8 Å². The number of aromatic nitrogens is 1. The molecule has 0 unspecified atom stereocenters. The van der Waals surface area contributed by atoms with Gasteiger partial charge in [0.2, 0.25) is 0 Å². The smallest absolute Gasteiger partial charge is 0.416 e. The molecule has 1 aromatic heterocycles. The van der Waals surface area contributed by atoms with E-state index in [2.05, 4.69) is 20.9 Å². The maximum absolute atomic E-state index is 13.0. The number of halogens is 3. The van der Waals surface area contributed by atoms with Gasteiger partial charge in [-0.3, -0.25) is 4.90 Å². The number of alkyl halides is 3. The second-order valence-electron chi connectivity index (χ2n) is 8.13. The van der Waals surface area contributed by atoms with Crippen LogP contribution in [0.1, 0.15) is 23.1 Å². The van der Waals surface area contributed by atoms with Gasteiger partial charge >= 0.3 is 12.1 Å². The molecule has 0 saturated carbocycles. The average molecular weight is 480 g/mol. The van der Waals surface area contributed by atoms with Crippen molar-refractivity contribution in [1.82, 2.24) is 9.88 Å². The molecule has 1 saturated heterocycles. The molecule has 0 aliphatic carbocycles. The number of carboxylic acids is 1. The van der Waals surface area contributed by atoms with Crippen LogP contribution in [-0.2, 0) is 17.5 Å². The molecule has 3 aromatic rings. The van der Waals surface area contributed by atoms with Crippen molar-refractivity contribution in [1.29, 1.82) is 0 Å². The molecule has 1 aliphatic rings. The molecule has 4 rings (SSSR count). The molecule has 0 atom stereocenters. The molecule has 2 aromatic carbocycles. The number of carboxylic acid groups (broad SMARTS) is 1. The number of hydrogen-bond donors (Lipinski definition) is 1. The molecule has 1 fully saturated rings. The Balaban J connectivity index is 1.42. The van der Waals surface area contributed by atoms with E-state index in [1.54, 1.807) is 0 Å². The molecule has 176 valence electrons. The van der Waals surface area contributed by atoms with Crippen molar-refractivity contribution in [3.8, 4) is 5.75 Å². The Morgan fingerprint density at radius 2 is 1.97 bits per heavy atom. The van der Waals surface area contributed by atoms with E-state index >= 15 is 0 Å². The molecule has 1 N–H and O–H groups in total. The highest BCUT2D eigenvalue weighted by Crippen LogP contribution is 2.35. The van der Waals surface area contributed by atoms with E-state index in [-0.39, 0.29) is 6.61 Å². The van der Waals surface area contributed by atoms with Crippen LogP contribution >= 0.6 is 11.3 Å². The van der Waals surface area contributed by atoms with E-state index in [0.717, 1.165) is 54.9 Å². The van der Waals surface area contributed by atoms with E-state index in [4.69, 9.17) is 9.84 Å². The van der Waals surface area contributed by atoms with Gasteiger partial charge in [0.25, 0.3) is 0 Å². The number of thiazole rings is 1. The zero-order valence-corrected chi connectivity index (χ0v) is 18.9. The Kier molecular flexibility index (Phi) is 6.76. The summed E-state index contributed by atoms with van der Waals surface area (Å²) in [6.45, 7) is 5.42. The van der Waals surface area contributed by atoms with Gasteiger partial charge in [-0.15, -0.1) is 0 Å². The third kappa shape index (κ3) is 5.94. The lowest BCUT2D eigenvalue weighted by Gasteiger charge is -2.22. The Bertz CT molecular complexity index is 1150. The van der Waals surface area contributed by atoms with E-state index in [1.165, 1.54) is 23.5 Å². The second kappa shape index (κ2) is 9.56. The lowest BCUT2D eigenvalue weighted by atomic mass is 10.1. The number of aryl methyl sites for hydroxylation is 1. The van der Waals surface area contributed by atoms with Crippen molar-refractivity contribution in [3.05, 3.63) is 53.1 Å². The SMILES string of the molecule is Cc1cc(CN2CCCN(c3nc4ccc(C(F)(F)F)cc4s3)CC2)cc(OCC(=O)O)c1. The minimum Gasteiger partial charge on any atom is -0.482 e. The molecule has 0 spiro atoms. The van der Waals surface area contributed by atoms with Crippen LogP contribution < -0.4 is 9.64 Å². The number of ether oxygens (including phenoxy) is 1. The lowest BCUT2D eigenvalue weighted by Crippen LogP contribution is -2.30. The van der Waals surface area contributed by atoms with Crippen LogP contribution in [0.25, 0.3) is 10.2 Å². The molecule has 2 heterocycles. The quantitative estimate of drug-likeness (QED) is 0.548. The first-order valence-corrected chi connectivity index (χ1v) is 11.4. The van der Waals surface area contributed by atoms with Crippen LogP contribution in [0.5, 0.6) is 5.75 Å². The summed E-state index contributed by atoms with van der Waals surface area (Å²) in [6, 6.07) is 9.42. The minimum absolute atomic E-state index is 0.381. The number of carbonyl (C=O) groups is 1. The van der Waals surface area contributed by atoms with Crippen molar-refractivity contribution in [2.75, 3.05) is 37.7 Å². The highest BCUT2D eigenvalue weighted by Gasteiger charge is 2.31. The first-order chi connectivity index (χ1) is 15.7. The summed E-state index contributed by atoms with van der Waals surface area (Å²) < 4.78 is 44.9. The van der Waals surface area contributed by atoms with Crippen LogP contribution in [0, 0.1) is 6.92 Å². The van der Waals surface area contributed by atoms with Crippen LogP contribution in [0.4, 0.5) is 18.3 Å². The first kappa shape index (κ1) is 23.3. The summed E-state index contributed by atoms with van der Waals surface area (Å²) in [7, 11) is 0. The fourth-order valence-electron chi connectivity index (χ4n) is 3.95. The predicted octanol–water partition coefficient (Wildman–Crippen LogP) is 4.80. The van der Waals surface area contributed by atoms with Crippen molar-refractivity contribution in [2.45, 2.75) is 26.1 Å². The Labute approximate surface area is 193 Å². The predicted molar refractivity (Wildman–Crippen MR) is 121 cm³/mol. The molecular weight excluding hydrogens is 455 g/mol. The monoisotopic (exact) mass is 479 g/mol. The van der Waals surface area contributed by atoms with Crippen LogP contribution in [0.2, 0.25) is 0 Å². The Morgan fingerprint density at radius 1 is 1.15 bits per heavy atom. The number of fused-ring (bicyclic) bond motifs is 1. The van der Waals surface area contributed by atoms with Crippen LogP contribution in [-0.4, -0.2) is 53.7 Å². The van der Waals surface area contributed by atoms with Gasteiger partial charge in [-0.25, -0.2) is 9.78 Å². The number of benzene rings is 2. The maximum Gasteiger partial charge on any atom is 0.416 e. The van der Waals surface area contributed by atoms with Crippen molar-refractivity contribution < 1.29 is 27.8 Å². The Morgan fingerprint density at radius 3 is 2.73 bits per heavy atom. The van der Waals surface area contributed by atoms with E-state index in [1.807, 2.05) is 19.1 Å². The minimum atomic E-state index is -4.37. The summed E-state index contributed by atoms with van der Waals surface area (Å²) in [6.07, 6.45) is -3.46. The largest absolute Gasteiger partial charge is 0.482 e. The van der Waals surface area contributed by atoms with Gasteiger partial charge < -0.3 is 14.7 Å². The van der Waals surface area contributed by atoms with E-state index in [0.29, 0.717) is 22.5 Å². The zero-order chi connectivity index (χ0) is 23.6. The second-order valence-corrected chi connectivity index (χ2v) is 9.14. The highest BCUT2D eigenvalue weighted by molar-refractivity contribution is 7.22. The highest BCUT2D eigenvalue weighted by atomic mass is 32.1. The topological polar surface area (TPSA) is 65.9 Å². The zero-order valence-electron chi connectivity index (χ0n) is 18.1. The van der Waals surface area contributed by atoms with Crippen LogP contribution in [0.15, 0.2) is 36.4 Å². The van der Waals surface area contributed by atoms with Crippen molar-refractivity contribution >= 4 is 32.7 Å². The molecular formula is C23H24F3N3O3S. The van der Waals surface area contributed by atoms with Gasteiger partial charge in [0.05, 0.1) is 15.8 Å². The number of rotatable bonds is 6. The molecule has 0 amide bonds. The van der Waals surface area contributed by atoms with E-state index < -0.39 is 17.7 Å². The number of anilines is 1. The molecule has 6 nitrogen and oxygen atoms in total. The summed E-state index contributed by atoms with van der Waals surface area (Å²) in [5.41, 5.74) is 1.97. The summed E-state index contributed by atoms with van der Waals surface area (Å²) in [5, 5.41) is 9.57. The molecule has 1 aliphatic heterocycles.